The zero-order valence-corrected chi connectivity index (χ0v) is 27.4. The van der Waals surface area contributed by atoms with Crippen molar-refractivity contribution < 1.29 is 28.9 Å². The lowest BCUT2D eigenvalue weighted by Crippen LogP contribution is -2.35. The summed E-state index contributed by atoms with van der Waals surface area (Å²) in [6.07, 6.45) is 4.26. The van der Waals surface area contributed by atoms with Gasteiger partial charge in [-0.2, -0.15) is 0 Å². The van der Waals surface area contributed by atoms with Crippen LogP contribution in [0.15, 0.2) is 72.8 Å². The lowest BCUT2D eigenvalue weighted by atomic mass is 10.0. The van der Waals surface area contributed by atoms with Crippen molar-refractivity contribution >= 4 is 17.6 Å². The van der Waals surface area contributed by atoms with Crippen molar-refractivity contribution in [3.8, 4) is 17.6 Å². The molecule has 1 saturated heterocycles. The molecule has 0 aliphatic carbocycles. The highest BCUT2D eigenvalue weighted by Gasteiger charge is 2.36. The predicted molar refractivity (Wildman–Crippen MR) is 181 cm³/mol. The molecule has 0 unspecified atom stereocenters. The van der Waals surface area contributed by atoms with Crippen LogP contribution >= 0.6 is 0 Å². The second-order valence-corrected chi connectivity index (χ2v) is 12.3. The smallest absolute Gasteiger partial charge is 0.332 e. The number of carbonyl (C=O) groups is 2. The molecule has 1 fully saturated rings. The van der Waals surface area contributed by atoms with Crippen molar-refractivity contribution in [3.63, 3.8) is 0 Å². The van der Waals surface area contributed by atoms with Gasteiger partial charge in [0.05, 0.1) is 25.9 Å². The van der Waals surface area contributed by atoms with Gasteiger partial charge in [-0.05, 0) is 60.8 Å². The number of ether oxygens (including phenoxy) is 3. The van der Waals surface area contributed by atoms with Gasteiger partial charge < -0.3 is 24.6 Å². The monoisotopic (exact) mass is 639 g/mol. The van der Waals surface area contributed by atoms with Gasteiger partial charge in [-0.3, -0.25) is 14.6 Å². The van der Waals surface area contributed by atoms with Gasteiger partial charge in [0.1, 0.15) is 12.3 Å². The number of anilines is 1. The third-order valence-electron chi connectivity index (χ3n) is 8.13. The molecule has 5 rings (SSSR count). The lowest BCUT2D eigenvalue weighted by molar-refractivity contribution is -0.180. The fraction of sp³-hybridized carbons (Fsp3) is 0.421. The number of hydrogen-bond acceptors (Lipinski definition) is 7. The minimum absolute atomic E-state index is 0.0253. The standard InChI is InChI=1S/C38H45N3O6/c1-38(2)46-28-32-24-31(18-19-35(32)47-38)34(42)25-39-20-9-3-4-10-21-45-22-11-8-13-29-16-12-17-33(23-29)40-27-36(43)41(37(40)44)26-30-14-6-5-7-15-30/h5-7,12,14-19,23-24,34,39,42H,3-4,9-11,20-22,25-28H2,1-2H3/t34-/m0/s1. The summed E-state index contributed by atoms with van der Waals surface area (Å²) in [5.41, 5.74) is 4.20. The quantitative estimate of drug-likeness (QED) is 0.121. The first-order chi connectivity index (χ1) is 22.8. The van der Waals surface area contributed by atoms with Crippen LogP contribution in [0.3, 0.4) is 0 Å². The predicted octanol–water partition coefficient (Wildman–Crippen LogP) is 5.94. The Kier molecular flexibility index (Phi) is 12.0. The summed E-state index contributed by atoms with van der Waals surface area (Å²) in [6, 6.07) is 22.4. The summed E-state index contributed by atoms with van der Waals surface area (Å²) in [5, 5.41) is 13.9. The summed E-state index contributed by atoms with van der Waals surface area (Å²) in [5.74, 6) is 6.27. The zero-order valence-electron chi connectivity index (χ0n) is 27.4. The molecule has 47 heavy (non-hydrogen) atoms. The molecular weight excluding hydrogens is 594 g/mol. The second kappa shape index (κ2) is 16.6. The number of benzene rings is 3. The van der Waals surface area contributed by atoms with E-state index < -0.39 is 11.9 Å². The van der Waals surface area contributed by atoms with Crippen molar-refractivity contribution in [2.45, 2.75) is 71.0 Å². The van der Waals surface area contributed by atoms with E-state index in [1.54, 1.807) is 0 Å². The van der Waals surface area contributed by atoms with Gasteiger partial charge >= 0.3 is 6.03 Å². The van der Waals surface area contributed by atoms with E-state index in [2.05, 4.69) is 17.2 Å². The average Bonchev–Trinajstić information content (AvgIpc) is 3.35. The molecule has 248 valence electrons. The average molecular weight is 640 g/mol. The van der Waals surface area contributed by atoms with Crippen molar-refractivity contribution in [2.24, 2.45) is 0 Å². The molecule has 3 amide bonds. The summed E-state index contributed by atoms with van der Waals surface area (Å²) < 4.78 is 17.3. The van der Waals surface area contributed by atoms with Crippen LogP contribution in [0.25, 0.3) is 0 Å². The van der Waals surface area contributed by atoms with Gasteiger partial charge in [-0.15, -0.1) is 0 Å². The fourth-order valence-corrected chi connectivity index (χ4v) is 5.53. The van der Waals surface area contributed by atoms with E-state index in [0.717, 1.165) is 60.2 Å². The number of urea groups is 1. The van der Waals surface area contributed by atoms with Gasteiger partial charge in [0.25, 0.3) is 5.91 Å². The van der Waals surface area contributed by atoms with Crippen LogP contribution < -0.4 is 15.0 Å². The number of aliphatic hydroxyl groups is 1. The highest BCUT2D eigenvalue weighted by molar-refractivity contribution is 6.12. The van der Waals surface area contributed by atoms with Crippen LogP contribution in [0.1, 0.15) is 74.3 Å². The van der Waals surface area contributed by atoms with E-state index in [9.17, 15) is 14.7 Å². The molecular formula is C38H45N3O6. The molecule has 0 radical (unpaired) electrons. The first-order valence-electron chi connectivity index (χ1n) is 16.5. The third kappa shape index (κ3) is 9.90. The number of aliphatic hydroxyl groups excluding tert-OH is 1. The first kappa shape index (κ1) is 34.1. The molecule has 9 nitrogen and oxygen atoms in total. The number of nitrogens with zero attached hydrogens (tertiary/aromatic N) is 2. The Hall–Kier alpha value is -4.20. The van der Waals surface area contributed by atoms with Crippen molar-refractivity contribution in [2.75, 3.05) is 37.7 Å². The Morgan fingerprint density at radius 1 is 0.979 bits per heavy atom. The maximum absolute atomic E-state index is 13.0. The molecule has 0 spiro atoms. The molecule has 0 saturated carbocycles. The van der Waals surface area contributed by atoms with E-state index >= 15 is 0 Å². The molecule has 1 atom stereocenters. The van der Waals surface area contributed by atoms with Gasteiger partial charge in [0, 0.05) is 50.2 Å². The Labute approximate surface area is 277 Å². The summed E-state index contributed by atoms with van der Waals surface area (Å²) in [7, 11) is 0. The number of imide groups is 1. The van der Waals surface area contributed by atoms with Crippen LogP contribution in [0, 0.1) is 11.8 Å². The molecule has 0 bridgehead atoms. The maximum atomic E-state index is 13.0. The van der Waals surface area contributed by atoms with Crippen LogP contribution in [0.4, 0.5) is 10.5 Å². The van der Waals surface area contributed by atoms with Crippen LogP contribution in [0.5, 0.6) is 5.75 Å². The molecule has 2 N–H and O–H groups in total. The highest BCUT2D eigenvalue weighted by Crippen LogP contribution is 2.33. The second-order valence-electron chi connectivity index (χ2n) is 12.3. The normalized spacial score (nSPS) is 16.0. The SMILES string of the molecule is CC1(C)OCc2cc([C@@H](O)CNCCCCCCOCCC#Cc3cccc(N4CC(=O)N(Cc5ccccc5)C4=O)c3)ccc2O1. The number of carbonyl (C=O) groups excluding carboxylic acids is 2. The van der Waals surface area contributed by atoms with E-state index in [0.29, 0.717) is 38.5 Å². The molecule has 2 aliphatic heterocycles. The van der Waals surface area contributed by atoms with Crippen molar-refractivity contribution in [1.82, 2.24) is 10.2 Å². The molecule has 2 aliphatic rings. The minimum atomic E-state index is -0.624. The topological polar surface area (TPSA) is 101 Å². The van der Waals surface area contributed by atoms with Crippen LogP contribution in [-0.2, 0) is 27.4 Å². The van der Waals surface area contributed by atoms with Gasteiger partial charge in [0.2, 0.25) is 5.79 Å². The minimum Gasteiger partial charge on any atom is -0.463 e. The van der Waals surface area contributed by atoms with E-state index in [1.807, 2.05) is 86.6 Å². The Bertz CT molecular complexity index is 1560. The number of rotatable bonds is 15. The number of unbranched alkanes of at least 4 members (excludes halogenated alkanes) is 3. The molecule has 3 aromatic carbocycles. The fourth-order valence-electron chi connectivity index (χ4n) is 5.53. The van der Waals surface area contributed by atoms with Gasteiger partial charge in [-0.1, -0.05) is 67.1 Å². The van der Waals surface area contributed by atoms with E-state index in [1.165, 1.54) is 9.80 Å². The van der Waals surface area contributed by atoms with E-state index in [4.69, 9.17) is 14.2 Å². The first-order valence-corrected chi connectivity index (χ1v) is 16.5. The van der Waals surface area contributed by atoms with Crippen LogP contribution in [-0.4, -0.2) is 60.6 Å². The van der Waals surface area contributed by atoms with Gasteiger partial charge in [0.15, 0.2) is 0 Å². The Morgan fingerprint density at radius 2 is 1.81 bits per heavy atom. The molecule has 2 heterocycles. The maximum Gasteiger partial charge on any atom is 0.332 e. The Morgan fingerprint density at radius 3 is 2.66 bits per heavy atom. The number of fused-ring (bicyclic) bond motifs is 1. The molecule has 9 heteroatoms. The molecule has 3 aromatic rings. The van der Waals surface area contributed by atoms with Crippen molar-refractivity contribution in [1.29, 1.82) is 0 Å². The Balaban J connectivity index is 0.912. The van der Waals surface area contributed by atoms with Crippen molar-refractivity contribution in [3.05, 3.63) is 95.1 Å². The summed E-state index contributed by atoms with van der Waals surface area (Å²) in [6.45, 7) is 7.18. The highest BCUT2D eigenvalue weighted by atomic mass is 16.7. The number of nitrogens with one attached hydrogen (secondary N) is 1. The zero-order chi connectivity index (χ0) is 33.1. The number of amides is 3. The molecule has 0 aromatic heterocycles. The third-order valence-corrected chi connectivity index (χ3v) is 8.13. The largest absolute Gasteiger partial charge is 0.463 e. The van der Waals surface area contributed by atoms with Gasteiger partial charge in [-0.25, -0.2) is 4.79 Å². The van der Waals surface area contributed by atoms with Crippen LogP contribution in [0.2, 0.25) is 0 Å². The lowest BCUT2D eigenvalue weighted by Gasteiger charge is -2.33. The van der Waals surface area contributed by atoms with E-state index in [-0.39, 0.29) is 25.0 Å². The summed E-state index contributed by atoms with van der Waals surface area (Å²) >= 11 is 0. The number of hydrogen-bond donors (Lipinski definition) is 2. The summed E-state index contributed by atoms with van der Waals surface area (Å²) in [4.78, 5) is 28.4.